The largest absolute Gasteiger partial charge is 0.460 e. The number of aryl methyl sites for hydroxylation is 1. The lowest BCUT2D eigenvalue weighted by atomic mass is 10.1. The van der Waals surface area contributed by atoms with Gasteiger partial charge in [0.25, 0.3) is 0 Å². The minimum Gasteiger partial charge on any atom is -0.460 e. The van der Waals surface area contributed by atoms with Gasteiger partial charge in [0.15, 0.2) is 0 Å². The second-order valence-corrected chi connectivity index (χ2v) is 5.27. The third-order valence-corrected chi connectivity index (χ3v) is 2.32. The Kier molecular flexibility index (Phi) is 3.98. The van der Waals surface area contributed by atoms with Crippen LogP contribution in [0.2, 0.25) is 5.02 Å². The molecule has 0 fully saturated rings. The van der Waals surface area contributed by atoms with Crippen molar-refractivity contribution in [3.63, 3.8) is 0 Å². The van der Waals surface area contributed by atoms with Crippen LogP contribution in [0.3, 0.4) is 0 Å². The lowest BCUT2D eigenvalue weighted by Crippen LogP contribution is -2.24. The molecule has 1 rings (SSSR count). The van der Waals surface area contributed by atoms with Gasteiger partial charge in [-0.25, -0.2) is 0 Å². The number of esters is 1. The topological polar surface area (TPSA) is 26.3 Å². The summed E-state index contributed by atoms with van der Waals surface area (Å²) in [5, 5.41) is 0.617. The molecule has 0 saturated carbocycles. The number of halogens is 1. The fourth-order valence-electron chi connectivity index (χ4n) is 1.33. The van der Waals surface area contributed by atoms with Crippen LogP contribution in [0, 0.1) is 6.92 Å². The molecule has 0 bridgehead atoms. The molecule has 1 aromatic rings. The summed E-state index contributed by atoms with van der Waals surface area (Å²) in [6.45, 7) is 7.51. The van der Waals surface area contributed by atoms with E-state index < -0.39 is 5.60 Å². The van der Waals surface area contributed by atoms with Crippen LogP contribution in [0.15, 0.2) is 18.2 Å². The first-order chi connectivity index (χ1) is 7.28. The van der Waals surface area contributed by atoms with Gasteiger partial charge in [0, 0.05) is 5.02 Å². The van der Waals surface area contributed by atoms with E-state index >= 15 is 0 Å². The molecule has 16 heavy (non-hydrogen) atoms. The zero-order valence-corrected chi connectivity index (χ0v) is 10.9. The van der Waals surface area contributed by atoms with E-state index in [-0.39, 0.29) is 12.4 Å². The highest BCUT2D eigenvalue weighted by Crippen LogP contribution is 2.19. The van der Waals surface area contributed by atoms with Crippen LogP contribution >= 0.6 is 11.6 Å². The minimum absolute atomic E-state index is 0.219. The van der Waals surface area contributed by atoms with Crippen LogP contribution in [0.25, 0.3) is 0 Å². The first-order valence-corrected chi connectivity index (χ1v) is 5.62. The average molecular weight is 241 g/mol. The van der Waals surface area contributed by atoms with Crippen LogP contribution in [0.5, 0.6) is 0 Å². The molecule has 0 N–H and O–H groups in total. The molecule has 3 heteroatoms. The summed E-state index contributed by atoms with van der Waals surface area (Å²) in [4.78, 5) is 11.6. The van der Waals surface area contributed by atoms with Crippen molar-refractivity contribution in [1.82, 2.24) is 0 Å². The number of ether oxygens (including phenoxy) is 1. The van der Waals surface area contributed by atoms with Gasteiger partial charge in [0.1, 0.15) is 5.60 Å². The second-order valence-electron chi connectivity index (χ2n) is 4.86. The maximum Gasteiger partial charge on any atom is 0.310 e. The molecule has 2 nitrogen and oxygen atoms in total. The molecule has 0 radical (unpaired) electrons. The molecular formula is C13H17ClO2. The van der Waals surface area contributed by atoms with Crippen LogP contribution in [0.1, 0.15) is 31.9 Å². The van der Waals surface area contributed by atoms with Crippen molar-refractivity contribution >= 4 is 17.6 Å². The molecule has 0 amide bonds. The van der Waals surface area contributed by atoms with Gasteiger partial charge in [-0.2, -0.15) is 0 Å². The predicted octanol–water partition coefficient (Wildman–Crippen LogP) is 3.53. The highest BCUT2D eigenvalue weighted by Gasteiger charge is 2.17. The fourth-order valence-corrected chi connectivity index (χ4v) is 1.63. The molecule has 0 atom stereocenters. The summed E-state index contributed by atoms with van der Waals surface area (Å²) >= 11 is 6.04. The molecule has 0 saturated heterocycles. The van der Waals surface area contributed by atoms with Crippen LogP contribution in [-0.2, 0) is 16.0 Å². The molecule has 0 heterocycles. The Balaban J connectivity index is 2.70. The predicted molar refractivity (Wildman–Crippen MR) is 65.7 cm³/mol. The normalized spacial score (nSPS) is 11.3. The summed E-state index contributed by atoms with van der Waals surface area (Å²) in [5.74, 6) is -0.252. The van der Waals surface area contributed by atoms with E-state index in [1.807, 2.05) is 45.9 Å². The Bertz CT molecular complexity index is 391. The van der Waals surface area contributed by atoms with Gasteiger partial charge >= 0.3 is 5.97 Å². The maximum atomic E-state index is 11.6. The molecule has 0 aromatic heterocycles. The number of hydrogen-bond donors (Lipinski definition) is 0. The summed E-state index contributed by atoms with van der Waals surface area (Å²) in [6.07, 6.45) is 0.219. The van der Waals surface area contributed by atoms with E-state index in [9.17, 15) is 4.79 Å². The molecule has 0 spiro atoms. The van der Waals surface area contributed by atoms with Gasteiger partial charge in [0.2, 0.25) is 0 Å². The first kappa shape index (κ1) is 13.0. The fraction of sp³-hybridized carbons (Fsp3) is 0.462. The maximum absolute atomic E-state index is 11.6. The second kappa shape index (κ2) is 4.88. The number of carbonyl (C=O) groups is 1. The van der Waals surface area contributed by atoms with Crippen molar-refractivity contribution in [2.75, 3.05) is 0 Å². The highest BCUT2D eigenvalue weighted by molar-refractivity contribution is 6.31. The zero-order chi connectivity index (χ0) is 12.3. The molecule has 0 aliphatic carbocycles. The van der Waals surface area contributed by atoms with E-state index in [1.165, 1.54) is 0 Å². The Morgan fingerprint density at radius 3 is 2.50 bits per heavy atom. The van der Waals surface area contributed by atoms with Crippen LogP contribution in [-0.4, -0.2) is 11.6 Å². The van der Waals surface area contributed by atoms with E-state index in [0.717, 1.165) is 11.1 Å². The standard InChI is InChI=1S/C13H17ClO2/c1-9-5-6-10(11(14)7-9)8-12(15)16-13(2,3)4/h5-7H,8H2,1-4H3. The Morgan fingerprint density at radius 1 is 1.38 bits per heavy atom. The summed E-state index contributed by atoms with van der Waals surface area (Å²) < 4.78 is 5.23. The van der Waals surface area contributed by atoms with Gasteiger partial charge in [-0.05, 0) is 44.9 Å². The Labute approximate surface area is 102 Å². The van der Waals surface area contributed by atoms with Crippen molar-refractivity contribution in [2.45, 2.75) is 39.7 Å². The van der Waals surface area contributed by atoms with E-state index in [1.54, 1.807) is 0 Å². The number of hydrogen-bond acceptors (Lipinski definition) is 2. The molecule has 0 unspecified atom stereocenters. The Hall–Kier alpha value is -1.02. The lowest BCUT2D eigenvalue weighted by molar-refractivity contribution is -0.153. The lowest BCUT2D eigenvalue weighted by Gasteiger charge is -2.19. The van der Waals surface area contributed by atoms with E-state index in [4.69, 9.17) is 16.3 Å². The average Bonchev–Trinajstić information content (AvgIpc) is 2.06. The van der Waals surface area contributed by atoms with Gasteiger partial charge in [-0.1, -0.05) is 23.7 Å². The quantitative estimate of drug-likeness (QED) is 0.740. The molecule has 88 valence electrons. The van der Waals surface area contributed by atoms with Crippen LogP contribution < -0.4 is 0 Å². The van der Waals surface area contributed by atoms with Crippen molar-refractivity contribution in [3.05, 3.63) is 34.3 Å². The molecule has 0 aliphatic rings. The molecular weight excluding hydrogens is 224 g/mol. The third kappa shape index (κ3) is 4.23. The summed E-state index contributed by atoms with van der Waals surface area (Å²) in [5.41, 5.74) is 1.44. The van der Waals surface area contributed by atoms with E-state index in [2.05, 4.69) is 0 Å². The van der Waals surface area contributed by atoms with Crippen molar-refractivity contribution in [1.29, 1.82) is 0 Å². The SMILES string of the molecule is Cc1ccc(CC(=O)OC(C)(C)C)c(Cl)c1. The number of rotatable bonds is 2. The summed E-state index contributed by atoms with van der Waals surface area (Å²) in [7, 11) is 0. The monoisotopic (exact) mass is 240 g/mol. The molecule has 0 aliphatic heterocycles. The molecule has 1 aromatic carbocycles. The summed E-state index contributed by atoms with van der Waals surface area (Å²) in [6, 6.07) is 5.65. The minimum atomic E-state index is -0.450. The third-order valence-electron chi connectivity index (χ3n) is 1.96. The number of benzene rings is 1. The van der Waals surface area contributed by atoms with E-state index in [0.29, 0.717) is 5.02 Å². The highest BCUT2D eigenvalue weighted by atomic mass is 35.5. The van der Waals surface area contributed by atoms with Crippen molar-refractivity contribution in [2.24, 2.45) is 0 Å². The zero-order valence-electron chi connectivity index (χ0n) is 10.1. The van der Waals surface area contributed by atoms with Crippen molar-refractivity contribution in [3.8, 4) is 0 Å². The van der Waals surface area contributed by atoms with Gasteiger partial charge < -0.3 is 4.74 Å². The van der Waals surface area contributed by atoms with Crippen LogP contribution in [0.4, 0.5) is 0 Å². The Morgan fingerprint density at radius 2 is 2.00 bits per heavy atom. The van der Waals surface area contributed by atoms with Gasteiger partial charge in [0.05, 0.1) is 6.42 Å². The first-order valence-electron chi connectivity index (χ1n) is 5.25. The number of carbonyl (C=O) groups excluding carboxylic acids is 1. The van der Waals surface area contributed by atoms with Gasteiger partial charge in [-0.15, -0.1) is 0 Å². The smallest absolute Gasteiger partial charge is 0.310 e. The van der Waals surface area contributed by atoms with Crippen molar-refractivity contribution < 1.29 is 9.53 Å². The van der Waals surface area contributed by atoms with Gasteiger partial charge in [-0.3, -0.25) is 4.79 Å².